The van der Waals surface area contributed by atoms with E-state index >= 15 is 0 Å². The monoisotopic (exact) mass is 259 g/mol. The number of nitrogens with zero attached hydrogens (tertiary/aromatic N) is 1. The molecule has 0 bridgehead atoms. The van der Waals surface area contributed by atoms with Gasteiger partial charge in [-0.3, -0.25) is 5.21 Å². The fourth-order valence-corrected chi connectivity index (χ4v) is 2.39. The number of carbonyl (C=O) groups excluding carboxylic acids is 1. The van der Waals surface area contributed by atoms with E-state index in [0.717, 1.165) is 25.7 Å². The number of ether oxygens (including phenoxy) is 1. The maximum Gasteiger partial charge on any atom is 0.434 e. The van der Waals surface area contributed by atoms with Crippen LogP contribution in [0.2, 0.25) is 0 Å². The molecule has 1 rings (SSSR count). The summed E-state index contributed by atoms with van der Waals surface area (Å²) in [4.78, 5) is 11.7. The van der Waals surface area contributed by atoms with Gasteiger partial charge < -0.3 is 9.84 Å². The molecule has 0 radical (unpaired) electrons. The second kappa shape index (κ2) is 6.38. The van der Waals surface area contributed by atoms with E-state index in [4.69, 9.17) is 4.74 Å². The Morgan fingerprint density at radius 3 is 2.33 bits per heavy atom. The van der Waals surface area contributed by atoms with E-state index < -0.39 is 17.7 Å². The van der Waals surface area contributed by atoms with Gasteiger partial charge in [0.05, 0.1) is 12.6 Å². The zero-order valence-electron chi connectivity index (χ0n) is 11.6. The average molecular weight is 259 g/mol. The highest BCUT2D eigenvalue weighted by Crippen LogP contribution is 2.29. The highest BCUT2D eigenvalue weighted by molar-refractivity contribution is 5.67. The van der Waals surface area contributed by atoms with E-state index in [-0.39, 0.29) is 12.5 Å². The maximum absolute atomic E-state index is 11.7. The van der Waals surface area contributed by atoms with Gasteiger partial charge >= 0.3 is 6.09 Å². The third kappa shape index (κ3) is 4.46. The zero-order chi connectivity index (χ0) is 13.8. The Hall–Kier alpha value is -0.810. The van der Waals surface area contributed by atoms with Crippen molar-refractivity contribution in [3.8, 4) is 0 Å². The first-order valence-electron chi connectivity index (χ1n) is 6.67. The van der Waals surface area contributed by atoms with Crippen molar-refractivity contribution in [1.82, 2.24) is 5.06 Å². The van der Waals surface area contributed by atoms with Crippen LogP contribution in [0.3, 0.4) is 0 Å². The minimum Gasteiger partial charge on any atom is -0.442 e. The summed E-state index contributed by atoms with van der Waals surface area (Å²) < 4.78 is 5.10. The van der Waals surface area contributed by atoms with Crippen LogP contribution in [0.1, 0.15) is 52.9 Å². The van der Waals surface area contributed by atoms with Crippen LogP contribution in [-0.2, 0) is 4.74 Å². The van der Waals surface area contributed by atoms with Crippen molar-refractivity contribution in [3.05, 3.63) is 0 Å². The summed E-state index contributed by atoms with van der Waals surface area (Å²) in [6.07, 6.45) is 4.45. The number of hydrogen-bond acceptors (Lipinski definition) is 4. The molecule has 0 spiro atoms. The number of amides is 1. The first-order chi connectivity index (χ1) is 8.35. The minimum absolute atomic E-state index is 0.154. The zero-order valence-corrected chi connectivity index (χ0v) is 11.6. The lowest BCUT2D eigenvalue weighted by molar-refractivity contribution is -0.144. The third-order valence-corrected chi connectivity index (χ3v) is 3.28. The number of aliphatic hydroxyl groups is 1. The molecule has 18 heavy (non-hydrogen) atoms. The summed E-state index contributed by atoms with van der Waals surface area (Å²) in [6, 6.07) is -0.555. The lowest BCUT2D eigenvalue weighted by Crippen LogP contribution is -2.47. The summed E-state index contributed by atoms with van der Waals surface area (Å²) in [5.41, 5.74) is -0.648. The second-order valence-corrected chi connectivity index (χ2v) is 5.97. The number of carbonyl (C=O) groups is 1. The topological polar surface area (TPSA) is 70.0 Å². The standard InChI is InChI=1S/C13H25NO4/c1-13(2,3)18-12(16)14(17)11(9-15)10-7-5-4-6-8-10/h10-11,15,17H,4-9H2,1-3H3/t11-/m1/s1. The van der Waals surface area contributed by atoms with Gasteiger partial charge in [-0.15, -0.1) is 0 Å². The molecule has 0 aliphatic heterocycles. The average Bonchev–Trinajstić information content (AvgIpc) is 2.29. The number of aliphatic hydroxyl groups excluding tert-OH is 1. The normalized spacial score (nSPS) is 19.4. The van der Waals surface area contributed by atoms with Gasteiger partial charge in [-0.25, -0.2) is 4.79 Å². The van der Waals surface area contributed by atoms with Gasteiger partial charge in [0.15, 0.2) is 0 Å². The van der Waals surface area contributed by atoms with Crippen LogP contribution in [0.15, 0.2) is 0 Å². The summed E-state index contributed by atoms with van der Waals surface area (Å²) >= 11 is 0. The fourth-order valence-electron chi connectivity index (χ4n) is 2.39. The van der Waals surface area contributed by atoms with Crippen molar-refractivity contribution in [2.75, 3.05) is 6.61 Å². The van der Waals surface area contributed by atoms with Gasteiger partial charge in [-0.1, -0.05) is 19.3 Å². The highest BCUT2D eigenvalue weighted by atomic mass is 16.6. The van der Waals surface area contributed by atoms with Crippen LogP contribution in [0.25, 0.3) is 0 Å². The Bertz CT molecular complexity index is 269. The van der Waals surface area contributed by atoms with Crippen molar-refractivity contribution in [1.29, 1.82) is 0 Å². The van der Waals surface area contributed by atoms with Gasteiger partial charge in [0.25, 0.3) is 0 Å². The van der Waals surface area contributed by atoms with Crippen LogP contribution in [0, 0.1) is 5.92 Å². The summed E-state index contributed by atoms with van der Waals surface area (Å²) in [5, 5.41) is 19.8. The molecule has 1 saturated carbocycles. The van der Waals surface area contributed by atoms with Crippen LogP contribution >= 0.6 is 0 Å². The van der Waals surface area contributed by atoms with E-state index in [1.807, 2.05) is 0 Å². The lowest BCUT2D eigenvalue weighted by Gasteiger charge is -2.34. The van der Waals surface area contributed by atoms with Crippen LogP contribution < -0.4 is 0 Å². The fraction of sp³-hybridized carbons (Fsp3) is 0.923. The Balaban J connectivity index is 2.60. The Labute approximate surface area is 109 Å². The molecule has 5 nitrogen and oxygen atoms in total. The SMILES string of the molecule is CC(C)(C)OC(=O)N(O)[C@H](CO)C1CCCCC1. The molecule has 2 N–H and O–H groups in total. The summed E-state index contributed by atoms with van der Waals surface area (Å²) in [6.45, 7) is 4.99. The third-order valence-electron chi connectivity index (χ3n) is 3.28. The molecule has 1 aliphatic carbocycles. The van der Waals surface area contributed by atoms with Crippen molar-refractivity contribution in [3.63, 3.8) is 0 Å². The number of hydrogen-bond donors (Lipinski definition) is 2. The first kappa shape index (κ1) is 15.2. The molecule has 0 unspecified atom stereocenters. The largest absolute Gasteiger partial charge is 0.442 e. The number of rotatable bonds is 3. The molecular weight excluding hydrogens is 234 g/mol. The Morgan fingerprint density at radius 2 is 1.89 bits per heavy atom. The van der Waals surface area contributed by atoms with Gasteiger partial charge in [0.1, 0.15) is 5.60 Å². The first-order valence-corrected chi connectivity index (χ1v) is 6.67. The molecule has 1 atom stereocenters. The van der Waals surface area contributed by atoms with Crippen molar-refractivity contribution < 1.29 is 19.8 Å². The molecule has 1 aliphatic rings. The minimum atomic E-state index is -0.785. The highest BCUT2D eigenvalue weighted by Gasteiger charge is 2.33. The predicted molar refractivity (Wildman–Crippen MR) is 67.3 cm³/mol. The maximum atomic E-state index is 11.7. The summed E-state index contributed by atoms with van der Waals surface area (Å²) in [5.74, 6) is 0.154. The van der Waals surface area contributed by atoms with Crippen molar-refractivity contribution >= 4 is 6.09 Å². The van der Waals surface area contributed by atoms with E-state index in [9.17, 15) is 15.1 Å². The molecule has 0 aromatic rings. The lowest BCUT2D eigenvalue weighted by atomic mass is 9.84. The predicted octanol–water partition coefficient (Wildman–Crippen LogP) is 2.55. The van der Waals surface area contributed by atoms with Crippen molar-refractivity contribution in [2.24, 2.45) is 5.92 Å². The number of hydroxylamine groups is 2. The van der Waals surface area contributed by atoms with Crippen LogP contribution in [0.5, 0.6) is 0 Å². The van der Waals surface area contributed by atoms with Gasteiger partial charge in [-0.2, -0.15) is 5.06 Å². The second-order valence-electron chi connectivity index (χ2n) is 5.97. The van der Waals surface area contributed by atoms with Gasteiger partial charge in [-0.05, 0) is 39.5 Å². The smallest absolute Gasteiger partial charge is 0.434 e. The Kier molecular flexibility index (Phi) is 5.41. The van der Waals surface area contributed by atoms with E-state index in [2.05, 4.69) is 0 Å². The van der Waals surface area contributed by atoms with Crippen LogP contribution in [0.4, 0.5) is 4.79 Å². The van der Waals surface area contributed by atoms with Crippen LogP contribution in [-0.4, -0.2) is 39.7 Å². The van der Waals surface area contributed by atoms with E-state index in [1.54, 1.807) is 20.8 Å². The molecule has 106 valence electrons. The quantitative estimate of drug-likeness (QED) is 0.603. The van der Waals surface area contributed by atoms with Crippen molar-refractivity contribution in [2.45, 2.75) is 64.5 Å². The molecular formula is C13H25NO4. The summed E-state index contributed by atoms with van der Waals surface area (Å²) in [7, 11) is 0. The molecule has 0 aromatic heterocycles. The van der Waals surface area contributed by atoms with E-state index in [1.165, 1.54) is 6.42 Å². The molecule has 0 heterocycles. The molecule has 1 amide bonds. The van der Waals surface area contributed by atoms with Gasteiger partial charge in [0.2, 0.25) is 0 Å². The molecule has 0 saturated heterocycles. The molecule has 5 heteroatoms. The Morgan fingerprint density at radius 1 is 1.33 bits per heavy atom. The van der Waals surface area contributed by atoms with E-state index in [0.29, 0.717) is 5.06 Å². The van der Waals surface area contributed by atoms with Gasteiger partial charge in [0, 0.05) is 0 Å². The molecule has 0 aromatic carbocycles. The molecule has 1 fully saturated rings.